The number of hydrogen-bond acceptors (Lipinski definition) is 4. The summed E-state index contributed by atoms with van der Waals surface area (Å²) in [4.78, 5) is 0. The van der Waals surface area contributed by atoms with Gasteiger partial charge in [0.2, 0.25) is 0 Å². The van der Waals surface area contributed by atoms with Gasteiger partial charge in [0.25, 0.3) is 10.2 Å². The monoisotopic (exact) mass is 378 g/mol. The molecule has 26 heavy (non-hydrogen) atoms. The van der Waals surface area contributed by atoms with Crippen LogP contribution in [0.3, 0.4) is 0 Å². The van der Waals surface area contributed by atoms with Crippen molar-refractivity contribution in [2.45, 2.75) is 32.7 Å². The fourth-order valence-corrected chi connectivity index (χ4v) is 4.16. The second-order valence-corrected chi connectivity index (χ2v) is 9.58. The van der Waals surface area contributed by atoms with E-state index in [-0.39, 0.29) is 11.5 Å². The number of methoxy groups -OCH3 is 1. The van der Waals surface area contributed by atoms with Crippen molar-refractivity contribution in [3.63, 3.8) is 0 Å². The van der Waals surface area contributed by atoms with Crippen LogP contribution in [0.15, 0.2) is 30.5 Å². The number of hydrogen-bond donors (Lipinski definition) is 1. The summed E-state index contributed by atoms with van der Waals surface area (Å²) in [5.74, 6) is 0.784. The lowest BCUT2D eigenvalue weighted by Gasteiger charge is -2.36. The molecule has 1 aromatic heterocycles. The molecule has 2 aromatic rings. The molecule has 1 aromatic carbocycles. The van der Waals surface area contributed by atoms with Gasteiger partial charge in [0.15, 0.2) is 0 Å². The highest BCUT2D eigenvalue weighted by Crippen LogP contribution is 2.41. The number of aromatic nitrogens is 2. The van der Waals surface area contributed by atoms with Crippen LogP contribution in [0.2, 0.25) is 0 Å². The fraction of sp³-hybridized carbons (Fsp3) is 0.500. The molecule has 0 saturated heterocycles. The molecular formula is C18H26N4O3S. The van der Waals surface area contributed by atoms with Gasteiger partial charge in [-0.15, -0.1) is 0 Å². The molecule has 0 saturated carbocycles. The standard InChI is InChI=1S/C18H26N4O3S/c1-18(2)10-16(20-26(23,24)21(3)4)15-12-19-22(17(15)11-18)13-6-8-14(25-5)9-7-13/h6-9,12,16,20H,10-11H2,1-5H3. The molecule has 0 aliphatic heterocycles. The lowest BCUT2D eigenvalue weighted by molar-refractivity contribution is 0.267. The van der Waals surface area contributed by atoms with E-state index in [9.17, 15) is 8.42 Å². The van der Waals surface area contributed by atoms with Gasteiger partial charge in [0.1, 0.15) is 5.75 Å². The Kier molecular flexibility index (Phi) is 4.85. The van der Waals surface area contributed by atoms with Crippen LogP contribution < -0.4 is 9.46 Å². The van der Waals surface area contributed by atoms with E-state index in [1.165, 1.54) is 18.4 Å². The summed E-state index contributed by atoms with van der Waals surface area (Å²) in [6.07, 6.45) is 3.33. The summed E-state index contributed by atoms with van der Waals surface area (Å²) in [5.41, 5.74) is 2.86. The topological polar surface area (TPSA) is 76.5 Å². The first kappa shape index (κ1) is 18.9. The Labute approximate surface area is 155 Å². The Morgan fingerprint density at radius 3 is 2.50 bits per heavy atom. The number of nitrogens with one attached hydrogen (secondary N) is 1. The zero-order valence-corrected chi connectivity index (χ0v) is 16.7. The van der Waals surface area contributed by atoms with Crippen molar-refractivity contribution in [1.82, 2.24) is 18.8 Å². The van der Waals surface area contributed by atoms with Gasteiger partial charge >= 0.3 is 0 Å². The van der Waals surface area contributed by atoms with Crippen LogP contribution in [-0.4, -0.2) is 43.7 Å². The van der Waals surface area contributed by atoms with Crippen LogP contribution in [-0.2, 0) is 16.6 Å². The van der Waals surface area contributed by atoms with Crippen LogP contribution in [0.1, 0.15) is 37.6 Å². The molecule has 0 bridgehead atoms. The highest BCUT2D eigenvalue weighted by molar-refractivity contribution is 7.87. The lowest BCUT2D eigenvalue weighted by atomic mass is 9.74. The van der Waals surface area contributed by atoms with Gasteiger partial charge in [-0.25, -0.2) is 4.68 Å². The van der Waals surface area contributed by atoms with Crippen molar-refractivity contribution in [2.24, 2.45) is 5.41 Å². The average Bonchev–Trinajstić information content (AvgIpc) is 2.97. The van der Waals surface area contributed by atoms with E-state index in [1.54, 1.807) is 13.3 Å². The summed E-state index contributed by atoms with van der Waals surface area (Å²) in [5, 5.41) is 4.54. The van der Waals surface area contributed by atoms with Gasteiger partial charge in [-0.3, -0.25) is 0 Å². The third kappa shape index (κ3) is 3.62. The third-order valence-corrected chi connectivity index (χ3v) is 6.31. The van der Waals surface area contributed by atoms with Crippen LogP contribution in [0.25, 0.3) is 5.69 Å². The van der Waals surface area contributed by atoms with E-state index in [2.05, 4.69) is 23.7 Å². The highest BCUT2D eigenvalue weighted by atomic mass is 32.2. The first-order chi connectivity index (χ1) is 12.1. The SMILES string of the molecule is COc1ccc(-n2ncc3c2CC(C)(C)CC3NS(=O)(=O)N(C)C)cc1. The molecule has 3 rings (SSSR count). The fourth-order valence-electron chi connectivity index (χ4n) is 3.38. The largest absolute Gasteiger partial charge is 0.497 e. The van der Waals surface area contributed by atoms with Crippen molar-refractivity contribution < 1.29 is 13.2 Å². The van der Waals surface area contributed by atoms with Crippen LogP contribution in [0, 0.1) is 5.41 Å². The predicted molar refractivity (Wildman–Crippen MR) is 101 cm³/mol. The van der Waals surface area contributed by atoms with Gasteiger partial charge in [-0.05, 0) is 42.5 Å². The average molecular weight is 378 g/mol. The molecule has 0 fully saturated rings. The Morgan fingerprint density at radius 1 is 1.27 bits per heavy atom. The quantitative estimate of drug-likeness (QED) is 0.866. The second kappa shape index (κ2) is 6.68. The van der Waals surface area contributed by atoms with Crippen LogP contribution >= 0.6 is 0 Å². The summed E-state index contributed by atoms with van der Waals surface area (Å²) in [6, 6.07) is 7.39. The molecule has 1 N–H and O–H groups in total. The van der Waals surface area contributed by atoms with E-state index in [1.807, 2.05) is 28.9 Å². The molecule has 0 radical (unpaired) electrons. The van der Waals surface area contributed by atoms with E-state index in [0.29, 0.717) is 0 Å². The first-order valence-electron chi connectivity index (χ1n) is 8.54. The van der Waals surface area contributed by atoms with Crippen molar-refractivity contribution >= 4 is 10.2 Å². The van der Waals surface area contributed by atoms with Gasteiger partial charge in [-0.2, -0.15) is 22.5 Å². The van der Waals surface area contributed by atoms with Gasteiger partial charge in [0, 0.05) is 25.4 Å². The molecule has 0 amide bonds. The zero-order chi connectivity index (χ0) is 19.1. The number of nitrogens with zero attached hydrogens (tertiary/aromatic N) is 3. The van der Waals surface area contributed by atoms with Crippen molar-refractivity contribution in [1.29, 1.82) is 0 Å². The number of fused-ring (bicyclic) bond motifs is 1. The normalized spacial score (nSPS) is 19.4. The molecule has 1 aliphatic carbocycles. The molecule has 0 spiro atoms. The maximum absolute atomic E-state index is 12.3. The lowest BCUT2D eigenvalue weighted by Crippen LogP contribution is -2.41. The van der Waals surface area contributed by atoms with Crippen molar-refractivity contribution in [3.8, 4) is 11.4 Å². The van der Waals surface area contributed by atoms with Gasteiger partial charge < -0.3 is 4.74 Å². The van der Waals surface area contributed by atoms with Crippen molar-refractivity contribution in [3.05, 3.63) is 41.7 Å². The second-order valence-electron chi connectivity index (χ2n) is 7.66. The number of benzene rings is 1. The molecule has 8 heteroatoms. The maximum Gasteiger partial charge on any atom is 0.279 e. The minimum Gasteiger partial charge on any atom is -0.497 e. The van der Waals surface area contributed by atoms with E-state index in [4.69, 9.17) is 4.74 Å². The summed E-state index contributed by atoms with van der Waals surface area (Å²) in [7, 11) is 1.16. The molecule has 1 heterocycles. The Morgan fingerprint density at radius 2 is 1.92 bits per heavy atom. The molecule has 1 atom stereocenters. The maximum atomic E-state index is 12.3. The summed E-state index contributed by atoms with van der Waals surface area (Å²) >= 11 is 0. The van der Waals surface area contributed by atoms with E-state index < -0.39 is 10.2 Å². The molecule has 1 aliphatic rings. The Balaban J connectivity index is 2.01. The number of ether oxygens (including phenoxy) is 1. The van der Waals surface area contributed by atoms with E-state index in [0.717, 1.165) is 35.5 Å². The molecule has 1 unspecified atom stereocenters. The first-order valence-corrected chi connectivity index (χ1v) is 9.98. The van der Waals surface area contributed by atoms with E-state index >= 15 is 0 Å². The van der Waals surface area contributed by atoms with Crippen molar-refractivity contribution in [2.75, 3.05) is 21.2 Å². The third-order valence-electron chi connectivity index (χ3n) is 4.77. The Hall–Kier alpha value is -1.90. The minimum atomic E-state index is -3.53. The molecule has 142 valence electrons. The molecule has 7 nitrogen and oxygen atoms in total. The minimum absolute atomic E-state index is 0.0449. The van der Waals surface area contributed by atoms with Gasteiger partial charge in [0.05, 0.1) is 25.0 Å². The zero-order valence-electron chi connectivity index (χ0n) is 15.9. The Bertz CT molecular complexity index is 886. The molecular weight excluding hydrogens is 352 g/mol. The smallest absolute Gasteiger partial charge is 0.279 e. The summed E-state index contributed by atoms with van der Waals surface area (Å²) < 4.78 is 35.8. The predicted octanol–water partition coefficient (Wildman–Crippen LogP) is 2.29. The summed E-state index contributed by atoms with van der Waals surface area (Å²) in [6.45, 7) is 4.30. The number of rotatable bonds is 5. The van der Waals surface area contributed by atoms with Gasteiger partial charge in [-0.1, -0.05) is 13.8 Å². The van der Waals surface area contributed by atoms with Crippen LogP contribution in [0.4, 0.5) is 0 Å². The highest BCUT2D eigenvalue weighted by Gasteiger charge is 2.37. The van der Waals surface area contributed by atoms with Crippen LogP contribution in [0.5, 0.6) is 5.75 Å².